The van der Waals surface area contributed by atoms with Crippen molar-refractivity contribution in [2.24, 2.45) is 10.2 Å². The summed E-state index contributed by atoms with van der Waals surface area (Å²) in [5.41, 5.74) is 1.01. The molecule has 0 saturated carbocycles. The smallest absolute Gasteiger partial charge is 0.331 e. The van der Waals surface area contributed by atoms with E-state index in [9.17, 15) is 14.0 Å². The fourth-order valence-electron chi connectivity index (χ4n) is 2.19. The number of amidine groups is 1. The van der Waals surface area contributed by atoms with Gasteiger partial charge in [0.25, 0.3) is 5.91 Å². The Morgan fingerprint density at radius 3 is 2.89 bits per heavy atom. The maximum Gasteiger partial charge on any atom is 0.331 e. The van der Waals surface area contributed by atoms with Crippen molar-refractivity contribution in [3.8, 4) is 0 Å². The summed E-state index contributed by atoms with van der Waals surface area (Å²) in [6, 6.07) is 4.70. The van der Waals surface area contributed by atoms with Crippen LogP contribution < -0.4 is 5.32 Å². The van der Waals surface area contributed by atoms with Crippen molar-refractivity contribution >= 4 is 35.0 Å². The second-order valence-corrected chi connectivity index (χ2v) is 6.88. The highest BCUT2D eigenvalue weighted by molar-refractivity contribution is 8.18. The zero-order chi connectivity index (χ0) is 20.4. The zero-order valence-corrected chi connectivity index (χ0v) is 16.6. The number of methoxy groups -OCH3 is 1. The Labute approximate surface area is 167 Å². The van der Waals surface area contributed by atoms with Crippen LogP contribution in [0.3, 0.4) is 0 Å². The molecular weight excluding hydrogens is 385 g/mol. The van der Waals surface area contributed by atoms with Gasteiger partial charge in [-0.15, -0.1) is 5.10 Å². The van der Waals surface area contributed by atoms with E-state index in [4.69, 9.17) is 4.74 Å². The molecule has 1 aromatic rings. The van der Waals surface area contributed by atoms with Crippen molar-refractivity contribution in [1.82, 2.24) is 5.32 Å². The molecule has 0 spiro atoms. The standard InChI is InChI=1S/C19H22FN3O4S/c1-3-4-5-8-27-12-14-7-6-13(9-15(14)20)11-21-23-19-22-18(25)16(28-19)10-17(24)26-2/h6-7,9-11H,3-5,8,12H2,1-2H3,(H,22,23,25)/b16-10+,21-11?. The van der Waals surface area contributed by atoms with E-state index in [1.807, 2.05) is 0 Å². The topological polar surface area (TPSA) is 89.4 Å². The Hall–Kier alpha value is -2.52. The number of nitrogens with zero attached hydrogens (tertiary/aromatic N) is 2. The first-order valence-electron chi connectivity index (χ1n) is 8.79. The number of carbonyl (C=O) groups excluding carboxylic acids is 2. The van der Waals surface area contributed by atoms with Gasteiger partial charge in [-0.3, -0.25) is 10.1 Å². The summed E-state index contributed by atoms with van der Waals surface area (Å²) in [6.45, 7) is 2.96. The number of esters is 1. The maximum absolute atomic E-state index is 14.1. The Balaban J connectivity index is 1.91. The summed E-state index contributed by atoms with van der Waals surface area (Å²) in [7, 11) is 1.22. The highest BCUT2D eigenvalue weighted by Crippen LogP contribution is 2.23. The third-order valence-electron chi connectivity index (χ3n) is 3.68. The second kappa shape index (κ2) is 11.4. The average Bonchev–Trinajstić information content (AvgIpc) is 3.02. The first-order valence-corrected chi connectivity index (χ1v) is 9.61. The number of carbonyl (C=O) groups is 2. The van der Waals surface area contributed by atoms with E-state index >= 15 is 0 Å². The molecule has 1 aliphatic rings. The number of unbranched alkanes of at least 4 members (excludes halogenated alkanes) is 2. The quantitative estimate of drug-likeness (QED) is 0.223. The number of nitrogens with one attached hydrogen (secondary N) is 1. The van der Waals surface area contributed by atoms with E-state index in [-0.39, 0.29) is 22.5 Å². The lowest BCUT2D eigenvalue weighted by Crippen LogP contribution is -2.19. The fourth-order valence-corrected chi connectivity index (χ4v) is 2.93. The van der Waals surface area contributed by atoms with Crippen LogP contribution in [0.15, 0.2) is 39.4 Å². The molecule has 1 heterocycles. The maximum atomic E-state index is 14.1. The van der Waals surface area contributed by atoms with Crippen LogP contribution in [0.1, 0.15) is 37.3 Å². The van der Waals surface area contributed by atoms with Crippen LogP contribution in [-0.4, -0.2) is 37.0 Å². The van der Waals surface area contributed by atoms with Crippen LogP contribution in [0.2, 0.25) is 0 Å². The van der Waals surface area contributed by atoms with Crippen LogP contribution in [-0.2, 0) is 25.7 Å². The van der Waals surface area contributed by atoms with Crippen molar-refractivity contribution in [3.05, 3.63) is 46.1 Å². The lowest BCUT2D eigenvalue weighted by molar-refractivity contribution is -0.135. The predicted octanol–water partition coefficient (Wildman–Crippen LogP) is 3.14. The minimum absolute atomic E-state index is 0.162. The van der Waals surface area contributed by atoms with Crippen molar-refractivity contribution < 1.29 is 23.5 Å². The number of halogens is 1. The lowest BCUT2D eigenvalue weighted by Gasteiger charge is -2.05. The van der Waals surface area contributed by atoms with Crippen LogP contribution >= 0.6 is 11.8 Å². The molecule has 150 valence electrons. The first kappa shape index (κ1) is 21.8. The Bertz CT molecular complexity index is 808. The molecule has 7 nitrogen and oxygen atoms in total. The molecule has 0 aromatic heterocycles. The van der Waals surface area contributed by atoms with Crippen molar-refractivity contribution in [2.45, 2.75) is 32.8 Å². The number of hydrogen-bond acceptors (Lipinski definition) is 7. The van der Waals surface area contributed by atoms with Gasteiger partial charge < -0.3 is 9.47 Å². The van der Waals surface area contributed by atoms with Gasteiger partial charge in [-0.2, -0.15) is 5.10 Å². The summed E-state index contributed by atoms with van der Waals surface area (Å²) < 4.78 is 24.1. The molecule has 0 bridgehead atoms. The highest BCUT2D eigenvalue weighted by Gasteiger charge is 2.24. The summed E-state index contributed by atoms with van der Waals surface area (Å²) in [5.74, 6) is -1.47. The van der Waals surface area contributed by atoms with Crippen LogP contribution in [0, 0.1) is 5.82 Å². The third kappa shape index (κ3) is 6.90. The molecule has 28 heavy (non-hydrogen) atoms. The first-order chi connectivity index (χ1) is 13.5. The van der Waals surface area contributed by atoms with Crippen LogP contribution in [0.4, 0.5) is 4.39 Å². The number of hydrogen-bond donors (Lipinski definition) is 1. The molecule has 1 saturated heterocycles. The molecule has 2 rings (SSSR count). The molecule has 9 heteroatoms. The summed E-state index contributed by atoms with van der Waals surface area (Å²) in [6.07, 6.45) is 5.62. The monoisotopic (exact) mass is 407 g/mol. The van der Waals surface area contributed by atoms with Crippen molar-refractivity contribution in [3.63, 3.8) is 0 Å². The number of rotatable bonds is 9. The van der Waals surface area contributed by atoms with Crippen molar-refractivity contribution in [1.29, 1.82) is 0 Å². The second-order valence-electron chi connectivity index (χ2n) is 5.85. The van der Waals surface area contributed by atoms with Gasteiger partial charge in [0, 0.05) is 18.2 Å². The molecular formula is C19H22FN3O4S. The predicted molar refractivity (Wildman–Crippen MR) is 106 cm³/mol. The SMILES string of the molecule is CCCCCOCc1ccc(C=N/N=C2/NC(=O)/C(=C\C(=O)OC)S2)cc1F. The summed E-state index contributed by atoms with van der Waals surface area (Å²) in [5, 5.41) is 10.4. The van der Waals surface area contributed by atoms with Gasteiger partial charge in [-0.1, -0.05) is 31.9 Å². The number of ether oxygens (including phenoxy) is 2. The molecule has 1 N–H and O–H groups in total. The molecule has 0 atom stereocenters. The molecule has 0 unspecified atom stereocenters. The Morgan fingerprint density at radius 2 is 2.18 bits per heavy atom. The normalized spacial score (nSPS) is 16.9. The fraction of sp³-hybridized carbons (Fsp3) is 0.368. The Kier molecular flexibility index (Phi) is 8.83. The molecule has 0 aliphatic carbocycles. The van der Waals surface area contributed by atoms with Gasteiger partial charge in [0.1, 0.15) is 5.82 Å². The highest BCUT2D eigenvalue weighted by atomic mass is 32.2. The summed E-state index contributed by atoms with van der Waals surface area (Å²) >= 11 is 0.963. The molecule has 1 amide bonds. The lowest BCUT2D eigenvalue weighted by atomic mass is 10.1. The third-order valence-corrected chi connectivity index (χ3v) is 4.58. The van der Waals surface area contributed by atoms with Gasteiger partial charge in [0.05, 0.1) is 24.8 Å². The molecule has 0 radical (unpaired) electrons. The van der Waals surface area contributed by atoms with Gasteiger partial charge in [-0.25, -0.2) is 9.18 Å². The average molecular weight is 407 g/mol. The minimum atomic E-state index is -0.632. The zero-order valence-electron chi connectivity index (χ0n) is 15.7. The Morgan fingerprint density at radius 1 is 1.36 bits per heavy atom. The van der Waals surface area contributed by atoms with E-state index in [0.717, 1.165) is 37.1 Å². The molecule has 1 fully saturated rings. The van der Waals surface area contributed by atoms with E-state index in [1.54, 1.807) is 12.1 Å². The minimum Gasteiger partial charge on any atom is -0.466 e. The molecule has 1 aliphatic heterocycles. The molecule has 1 aromatic carbocycles. The number of amides is 1. The van der Waals surface area contributed by atoms with E-state index < -0.39 is 11.9 Å². The van der Waals surface area contributed by atoms with Crippen molar-refractivity contribution in [2.75, 3.05) is 13.7 Å². The largest absolute Gasteiger partial charge is 0.466 e. The summed E-state index contributed by atoms with van der Waals surface area (Å²) in [4.78, 5) is 23.0. The number of benzene rings is 1. The van der Waals surface area contributed by atoms with E-state index in [1.165, 1.54) is 19.4 Å². The van der Waals surface area contributed by atoms with Crippen LogP contribution in [0.5, 0.6) is 0 Å². The van der Waals surface area contributed by atoms with Gasteiger partial charge in [0.15, 0.2) is 5.17 Å². The van der Waals surface area contributed by atoms with E-state index in [2.05, 4.69) is 27.2 Å². The van der Waals surface area contributed by atoms with E-state index in [0.29, 0.717) is 17.7 Å². The van der Waals surface area contributed by atoms with Gasteiger partial charge >= 0.3 is 5.97 Å². The van der Waals surface area contributed by atoms with Gasteiger partial charge in [0.2, 0.25) is 0 Å². The van der Waals surface area contributed by atoms with Crippen LogP contribution in [0.25, 0.3) is 0 Å². The van der Waals surface area contributed by atoms with Gasteiger partial charge in [-0.05, 0) is 29.8 Å². The number of thioether (sulfide) groups is 1.